The van der Waals surface area contributed by atoms with Crippen LogP contribution in [0.2, 0.25) is 5.02 Å². The number of nitrogens with zero attached hydrogens (tertiary/aromatic N) is 3. The van der Waals surface area contributed by atoms with Gasteiger partial charge in [-0.05, 0) is 72.1 Å². The van der Waals surface area contributed by atoms with Crippen LogP contribution >= 0.6 is 11.6 Å². The van der Waals surface area contributed by atoms with Crippen molar-refractivity contribution in [3.05, 3.63) is 89.6 Å². The number of aromatic nitrogens is 2. The van der Waals surface area contributed by atoms with Gasteiger partial charge in [0, 0.05) is 29.0 Å². The van der Waals surface area contributed by atoms with Crippen molar-refractivity contribution in [2.75, 3.05) is 25.5 Å². The molecule has 4 rings (SSSR count). The molecule has 0 unspecified atom stereocenters. The molecule has 1 amide bonds. The molecule has 8 nitrogen and oxygen atoms in total. The van der Waals surface area contributed by atoms with Crippen LogP contribution < -0.4 is 10.1 Å². The van der Waals surface area contributed by atoms with Crippen molar-refractivity contribution < 1.29 is 17.9 Å². The maximum Gasteiger partial charge on any atom is 0.243 e. The van der Waals surface area contributed by atoms with Crippen molar-refractivity contribution in [1.29, 1.82) is 0 Å². The highest BCUT2D eigenvalue weighted by molar-refractivity contribution is 7.89. The molecule has 1 N–H and O–H groups in total. The fourth-order valence-electron chi connectivity index (χ4n) is 4.03. The number of hydrogen-bond donors (Lipinski definition) is 1. The summed E-state index contributed by atoms with van der Waals surface area (Å²) < 4.78 is 34.5. The van der Waals surface area contributed by atoms with Gasteiger partial charge in [0.15, 0.2) is 0 Å². The fourth-order valence-corrected chi connectivity index (χ4v) is 5.56. The quantitative estimate of drug-likeness (QED) is 0.255. The number of nitrogens with one attached hydrogen (secondary N) is 1. The normalized spacial score (nSPS) is 11.7. The molecule has 39 heavy (non-hydrogen) atoms. The smallest absolute Gasteiger partial charge is 0.243 e. The van der Waals surface area contributed by atoms with Gasteiger partial charge in [0.1, 0.15) is 5.75 Å². The summed E-state index contributed by atoms with van der Waals surface area (Å²) in [6.07, 6.45) is 1.84. The molecule has 0 aliphatic carbocycles. The number of amides is 1. The molecule has 0 spiro atoms. The Labute approximate surface area is 234 Å². The number of anilines is 1. The van der Waals surface area contributed by atoms with Crippen LogP contribution in [0.1, 0.15) is 32.3 Å². The second-order valence-corrected chi connectivity index (χ2v) is 11.6. The maximum absolute atomic E-state index is 13.2. The number of carbonyl (C=O) groups is 1. The minimum absolute atomic E-state index is 0.0649. The molecule has 0 bridgehead atoms. The largest absolute Gasteiger partial charge is 0.497 e. The standard InChI is InChI=1S/C29H31ClN4O4S/c1-5-33(39(36,37)26-16-10-23(30)11-17-26)19-28(35)32-29-31-27(22-8-14-25(38-4)15-9-22)18-34(29)24-12-6-21(7-13-24)20(2)3/h6-18,20H,5,19H2,1-4H3,(H,31,32,35). The molecule has 1 heterocycles. The van der Waals surface area contributed by atoms with Gasteiger partial charge in [-0.25, -0.2) is 13.4 Å². The zero-order valence-corrected chi connectivity index (χ0v) is 23.8. The highest BCUT2D eigenvalue weighted by Crippen LogP contribution is 2.27. The van der Waals surface area contributed by atoms with Crippen LogP contribution in [0, 0.1) is 0 Å². The van der Waals surface area contributed by atoms with Crippen molar-refractivity contribution >= 4 is 33.5 Å². The highest BCUT2D eigenvalue weighted by Gasteiger charge is 2.26. The van der Waals surface area contributed by atoms with Crippen molar-refractivity contribution in [3.63, 3.8) is 0 Å². The predicted molar refractivity (Wildman–Crippen MR) is 154 cm³/mol. The number of sulfonamides is 1. The van der Waals surface area contributed by atoms with E-state index >= 15 is 0 Å². The summed E-state index contributed by atoms with van der Waals surface area (Å²) in [6, 6.07) is 21.3. The van der Waals surface area contributed by atoms with E-state index in [2.05, 4.69) is 24.1 Å². The van der Waals surface area contributed by atoms with Gasteiger partial charge in [0.25, 0.3) is 0 Å². The van der Waals surface area contributed by atoms with Crippen molar-refractivity contribution in [2.24, 2.45) is 0 Å². The van der Waals surface area contributed by atoms with E-state index in [-0.39, 0.29) is 23.9 Å². The molecule has 10 heteroatoms. The first-order valence-corrected chi connectivity index (χ1v) is 14.3. The second-order valence-electron chi connectivity index (χ2n) is 9.23. The van der Waals surface area contributed by atoms with Gasteiger partial charge in [-0.2, -0.15) is 4.31 Å². The lowest BCUT2D eigenvalue weighted by Gasteiger charge is -2.20. The summed E-state index contributed by atoms with van der Waals surface area (Å²) in [5, 5.41) is 3.24. The van der Waals surface area contributed by atoms with Crippen molar-refractivity contribution in [1.82, 2.24) is 13.9 Å². The molecule has 4 aromatic rings. The van der Waals surface area contributed by atoms with E-state index in [9.17, 15) is 13.2 Å². The molecule has 0 radical (unpaired) electrons. The first-order valence-electron chi connectivity index (χ1n) is 12.5. The summed E-state index contributed by atoms with van der Waals surface area (Å²) in [5.41, 5.74) is 3.47. The monoisotopic (exact) mass is 566 g/mol. The van der Waals surface area contributed by atoms with E-state index in [0.717, 1.165) is 21.3 Å². The predicted octanol–water partition coefficient (Wildman–Crippen LogP) is 5.97. The molecule has 0 saturated heterocycles. The first kappa shape index (κ1) is 28.4. The second kappa shape index (κ2) is 12.0. The summed E-state index contributed by atoms with van der Waals surface area (Å²) in [4.78, 5) is 17.9. The maximum atomic E-state index is 13.2. The summed E-state index contributed by atoms with van der Waals surface area (Å²) >= 11 is 5.91. The summed E-state index contributed by atoms with van der Waals surface area (Å²) in [5.74, 6) is 0.861. The molecular weight excluding hydrogens is 536 g/mol. The van der Waals surface area contributed by atoms with Crippen molar-refractivity contribution in [2.45, 2.75) is 31.6 Å². The Morgan fingerprint density at radius 1 is 1.03 bits per heavy atom. The minimum atomic E-state index is -3.90. The molecule has 3 aromatic carbocycles. The lowest BCUT2D eigenvalue weighted by Crippen LogP contribution is -2.38. The number of imidazole rings is 1. The minimum Gasteiger partial charge on any atom is -0.497 e. The molecule has 0 atom stereocenters. The van der Waals surface area contributed by atoms with Crippen molar-refractivity contribution in [3.8, 4) is 22.7 Å². The zero-order chi connectivity index (χ0) is 28.2. The van der Waals surface area contributed by atoms with E-state index in [4.69, 9.17) is 16.3 Å². The number of benzene rings is 3. The highest BCUT2D eigenvalue weighted by atomic mass is 35.5. The molecule has 0 saturated carbocycles. The third kappa shape index (κ3) is 6.50. The van der Waals surface area contributed by atoms with E-state index in [1.807, 2.05) is 54.7 Å². The van der Waals surface area contributed by atoms with Gasteiger partial charge in [-0.3, -0.25) is 14.7 Å². The molecule has 0 aliphatic rings. The number of carbonyl (C=O) groups excluding carboxylic acids is 1. The van der Waals surface area contributed by atoms with Gasteiger partial charge in [0.2, 0.25) is 21.9 Å². The lowest BCUT2D eigenvalue weighted by molar-refractivity contribution is -0.116. The number of rotatable bonds is 10. The number of methoxy groups -OCH3 is 1. The molecule has 0 aliphatic heterocycles. The molecule has 204 valence electrons. The van der Waals surface area contributed by atoms with E-state index in [1.165, 1.54) is 29.8 Å². The number of likely N-dealkylation sites (N-methyl/N-ethyl adjacent to an activating group) is 1. The van der Waals surface area contributed by atoms with Crippen LogP contribution in [0.25, 0.3) is 16.9 Å². The molecule has 1 aromatic heterocycles. The SMILES string of the molecule is CCN(CC(=O)Nc1nc(-c2ccc(OC)cc2)cn1-c1ccc(C(C)C)cc1)S(=O)(=O)c1ccc(Cl)cc1. The number of ether oxygens (including phenoxy) is 1. The zero-order valence-electron chi connectivity index (χ0n) is 22.3. The van der Waals surface area contributed by atoms with Crippen LogP contribution in [-0.2, 0) is 14.8 Å². The van der Waals surface area contributed by atoms with Crippen LogP contribution in [0.5, 0.6) is 5.75 Å². The van der Waals surface area contributed by atoms with Crippen LogP contribution in [-0.4, -0.2) is 48.4 Å². The van der Waals surface area contributed by atoms with Gasteiger partial charge < -0.3 is 4.74 Å². The Balaban J connectivity index is 1.64. The van der Waals surface area contributed by atoms with Gasteiger partial charge in [-0.15, -0.1) is 0 Å². The Hall–Kier alpha value is -3.66. The summed E-state index contributed by atoms with van der Waals surface area (Å²) in [7, 11) is -2.30. The molecule has 0 fully saturated rings. The Morgan fingerprint density at radius 2 is 1.67 bits per heavy atom. The van der Waals surface area contributed by atoms with Crippen LogP contribution in [0.15, 0.2) is 83.9 Å². The average molecular weight is 567 g/mol. The van der Waals surface area contributed by atoms with E-state index < -0.39 is 15.9 Å². The number of halogens is 1. The van der Waals surface area contributed by atoms with Gasteiger partial charge in [-0.1, -0.05) is 44.5 Å². The Morgan fingerprint density at radius 3 is 2.23 bits per heavy atom. The van der Waals surface area contributed by atoms with Crippen LogP contribution in [0.4, 0.5) is 5.95 Å². The van der Waals surface area contributed by atoms with Gasteiger partial charge >= 0.3 is 0 Å². The third-order valence-corrected chi connectivity index (χ3v) is 8.49. The van der Waals surface area contributed by atoms with Gasteiger partial charge in [0.05, 0.1) is 24.2 Å². The number of hydrogen-bond acceptors (Lipinski definition) is 5. The topological polar surface area (TPSA) is 93.5 Å². The average Bonchev–Trinajstić information content (AvgIpc) is 3.35. The molecular formula is C29H31ClN4O4S. The third-order valence-electron chi connectivity index (χ3n) is 6.30. The fraction of sp³-hybridized carbons (Fsp3) is 0.241. The summed E-state index contributed by atoms with van der Waals surface area (Å²) in [6.45, 7) is 5.66. The Bertz CT molecular complexity index is 1530. The van der Waals surface area contributed by atoms with E-state index in [0.29, 0.717) is 16.6 Å². The Kier molecular flexibility index (Phi) is 8.74. The lowest BCUT2D eigenvalue weighted by atomic mass is 10.0. The van der Waals surface area contributed by atoms with E-state index in [1.54, 1.807) is 18.6 Å². The van der Waals surface area contributed by atoms with Crippen LogP contribution in [0.3, 0.4) is 0 Å². The first-order chi connectivity index (χ1) is 18.6.